The van der Waals surface area contributed by atoms with E-state index in [2.05, 4.69) is 50.2 Å². The molecule has 1 radical (unpaired) electrons. The number of para-hydroxylation sites is 1. The summed E-state index contributed by atoms with van der Waals surface area (Å²) in [4.78, 5) is 3.25. The van der Waals surface area contributed by atoms with Crippen LogP contribution < -0.4 is 0 Å². The van der Waals surface area contributed by atoms with Gasteiger partial charge < -0.3 is 4.98 Å². The Kier molecular flexibility index (Phi) is 1.69. The number of aromatic nitrogens is 1. The van der Waals surface area contributed by atoms with E-state index in [4.69, 9.17) is 0 Å². The fourth-order valence-electron chi connectivity index (χ4n) is 1.63. The average molecular weight is 172 g/mol. The van der Waals surface area contributed by atoms with Crippen molar-refractivity contribution < 1.29 is 0 Å². The molecule has 0 atom stereocenters. The highest BCUT2D eigenvalue weighted by Crippen LogP contribution is 2.28. The van der Waals surface area contributed by atoms with E-state index in [1.54, 1.807) is 0 Å². The lowest BCUT2D eigenvalue weighted by atomic mass is 9.87. The Morgan fingerprint density at radius 2 is 1.92 bits per heavy atom. The monoisotopic (exact) mass is 172 g/mol. The van der Waals surface area contributed by atoms with Gasteiger partial charge in [0.05, 0.1) is 0 Å². The molecular formula is C12H14N. The lowest BCUT2D eigenvalue weighted by molar-refractivity contribution is 0.671. The van der Waals surface area contributed by atoms with Crippen molar-refractivity contribution in [3.63, 3.8) is 0 Å². The van der Waals surface area contributed by atoms with Gasteiger partial charge in [-0.1, -0.05) is 32.0 Å². The van der Waals surface area contributed by atoms with Gasteiger partial charge in [0.2, 0.25) is 0 Å². The minimum atomic E-state index is -0.0282. The van der Waals surface area contributed by atoms with Gasteiger partial charge in [-0.2, -0.15) is 0 Å². The van der Waals surface area contributed by atoms with Crippen LogP contribution in [0.3, 0.4) is 0 Å². The minimum absolute atomic E-state index is 0.0282. The number of hydrogen-bond donors (Lipinski definition) is 1. The molecule has 0 spiro atoms. The van der Waals surface area contributed by atoms with Crippen LogP contribution in [0.25, 0.3) is 10.9 Å². The van der Waals surface area contributed by atoms with E-state index in [0.717, 1.165) is 0 Å². The lowest BCUT2D eigenvalue weighted by Crippen LogP contribution is -2.10. The summed E-state index contributed by atoms with van der Waals surface area (Å²) >= 11 is 0. The summed E-state index contributed by atoms with van der Waals surface area (Å²) in [5, 5.41) is 1.28. The van der Waals surface area contributed by atoms with Crippen LogP contribution in [-0.4, -0.2) is 4.98 Å². The standard InChI is InChI=1S/C12H14N/c1-12(2,3)10-8-13-11-7-5-4-6-9(10)11/h4-8,13H,1H2,2-3H3. The largest absolute Gasteiger partial charge is 0.361 e. The molecule has 1 aromatic heterocycles. The highest BCUT2D eigenvalue weighted by Gasteiger charge is 2.17. The molecule has 1 N–H and O–H groups in total. The molecule has 67 valence electrons. The number of rotatable bonds is 1. The van der Waals surface area contributed by atoms with Crippen molar-refractivity contribution in [2.24, 2.45) is 0 Å². The molecule has 0 unspecified atom stereocenters. The average Bonchev–Trinajstić information content (AvgIpc) is 2.45. The molecule has 0 bridgehead atoms. The smallest absolute Gasteiger partial charge is 0.0457 e. The summed E-state index contributed by atoms with van der Waals surface area (Å²) in [6, 6.07) is 8.32. The third-order valence-corrected chi connectivity index (χ3v) is 2.32. The zero-order valence-electron chi connectivity index (χ0n) is 8.09. The second kappa shape index (κ2) is 2.63. The minimum Gasteiger partial charge on any atom is -0.361 e. The Labute approximate surface area is 78.8 Å². The Morgan fingerprint density at radius 3 is 2.62 bits per heavy atom. The number of benzene rings is 1. The van der Waals surface area contributed by atoms with Gasteiger partial charge in [0, 0.05) is 17.1 Å². The van der Waals surface area contributed by atoms with E-state index < -0.39 is 0 Å². The van der Waals surface area contributed by atoms with Crippen molar-refractivity contribution in [2.45, 2.75) is 19.3 Å². The molecule has 1 heterocycles. The molecule has 0 aliphatic heterocycles. The van der Waals surface area contributed by atoms with Gasteiger partial charge in [-0.3, -0.25) is 0 Å². The van der Waals surface area contributed by atoms with E-state index >= 15 is 0 Å². The van der Waals surface area contributed by atoms with Crippen LogP contribution in [-0.2, 0) is 5.41 Å². The molecule has 1 nitrogen and oxygen atoms in total. The summed E-state index contributed by atoms with van der Waals surface area (Å²) in [7, 11) is 0. The Bertz CT molecular complexity index is 418. The second-order valence-corrected chi connectivity index (χ2v) is 4.13. The zero-order valence-corrected chi connectivity index (χ0v) is 8.09. The van der Waals surface area contributed by atoms with Crippen LogP contribution in [0.15, 0.2) is 30.5 Å². The predicted octanol–water partition coefficient (Wildman–Crippen LogP) is 3.28. The molecule has 2 rings (SSSR count). The fourth-order valence-corrected chi connectivity index (χ4v) is 1.63. The van der Waals surface area contributed by atoms with E-state index in [0.29, 0.717) is 0 Å². The summed E-state index contributed by atoms with van der Waals surface area (Å²) in [6.45, 7) is 8.40. The van der Waals surface area contributed by atoms with Gasteiger partial charge in [-0.25, -0.2) is 0 Å². The Hall–Kier alpha value is -1.24. The molecule has 0 amide bonds. The molecule has 0 fully saturated rings. The van der Waals surface area contributed by atoms with Gasteiger partial charge >= 0.3 is 0 Å². The molecule has 1 aromatic carbocycles. The SMILES string of the molecule is [CH2]C(C)(C)c1c[nH]c2ccccc12. The number of aromatic amines is 1. The Balaban J connectivity index is 2.72. The molecule has 0 saturated carbocycles. The van der Waals surface area contributed by atoms with E-state index in [1.807, 2.05) is 6.07 Å². The summed E-state index contributed by atoms with van der Waals surface area (Å²) < 4.78 is 0. The summed E-state index contributed by atoms with van der Waals surface area (Å²) in [6.07, 6.45) is 2.05. The first-order chi connectivity index (χ1) is 6.09. The van der Waals surface area contributed by atoms with Crippen molar-refractivity contribution in [3.05, 3.63) is 42.9 Å². The summed E-state index contributed by atoms with van der Waals surface area (Å²) in [5.41, 5.74) is 2.44. The molecule has 0 aliphatic rings. The fraction of sp³-hybridized carbons (Fsp3) is 0.250. The number of fused-ring (bicyclic) bond motifs is 1. The van der Waals surface area contributed by atoms with Gasteiger partial charge in [0.25, 0.3) is 0 Å². The van der Waals surface area contributed by atoms with Gasteiger partial charge in [0.15, 0.2) is 0 Å². The first-order valence-corrected chi connectivity index (χ1v) is 4.51. The topological polar surface area (TPSA) is 15.8 Å². The quantitative estimate of drug-likeness (QED) is 0.679. The molecular weight excluding hydrogens is 158 g/mol. The van der Waals surface area contributed by atoms with Gasteiger partial charge in [0.1, 0.15) is 0 Å². The van der Waals surface area contributed by atoms with Crippen LogP contribution in [0.4, 0.5) is 0 Å². The highest BCUT2D eigenvalue weighted by molar-refractivity contribution is 5.84. The first kappa shape index (κ1) is 8.36. The van der Waals surface area contributed by atoms with Crippen LogP contribution >= 0.6 is 0 Å². The Morgan fingerprint density at radius 1 is 1.23 bits per heavy atom. The highest BCUT2D eigenvalue weighted by atomic mass is 14.7. The van der Waals surface area contributed by atoms with E-state index in [1.165, 1.54) is 16.5 Å². The maximum absolute atomic E-state index is 4.14. The van der Waals surface area contributed by atoms with Crippen LogP contribution in [0.1, 0.15) is 19.4 Å². The zero-order chi connectivity index (χ0) is 9.47. The second-order valence-electron chi connectivity index (χ2n) is 4.13. The molecule has 1 heteroatoms. The third kappa shape index (κ3) is 1.35. The number of hydrogen-bond acceptors (Lipinski definition) is 0. The van der Waals surface area contributed by atoms with Crippen LogP contribution in [0.5, 0.6) is 0 Å². The van der Waals surface area contributed by atoms with E-state index in [9.17, 15) is 0 Å². The summed E-state index contributed by atoms with van der Waals surface area (Å²) in [5.74, 6) is 0. The lowest BCUT2D eigenvalue weighted by Gasteiger charge is -2.16. The number of H-pyrrole nitrogens is 1. The van der Waals surface area contributed by atoms with E-state index in [-0.39, 0.29) is 5.41 Å². The molecule has 13 heavy (non-hydrogen) atoms. The molecule has 0 aliphatic carbocycles. The van der Waals surface area contributed by atoms with Crippen LogP contribution in [0, 0.1) is 6.92 Å². The molecule has 2 aromatic rings. The third-order valence-electron chi connectivity index (χ3n) is 2.32. The normalized spacial score (nSPS) is 12.2. The van der Waals surface area contributed by atoms with Crippen molar-refractivity contribution in [3.8, 4) is 0 Å². The van der Waals surface area contributed by atoms with Crippen molar-refractivity contribution >= 4 is 10.9 Å². The predicted molar refractivity (Wildman–Crippen MR) is 56.7 cm³/mol. The van der Waals surface area contributed by atoms with Gasteiger partial charge in [-0.05, 0) is 24.0 Å². The maximum Gasteiger partial charge on any atom is 0.0457 e. The first-order valence-electron chi connectivity index (χ1n) is 4.51. The maximum atomic E-state index is 4.14. The van der Waals surface area contributed by atoms with Crippen molar-refractivity contribution in [1.29, 1.82) is 0 Å². The van der Waals surface area contributed by atoms with Crippen molar-refractivity contribution in [2.75, 3.05) is 0 Å². The van der Waals surface area contributed by atoms with Crippen LogP contribution in [0.2, 0.25) is 0 Å². The van der Waals surface area contributed by atoms with Gasteiger partial charge in [-0.15, -0.1) is 0 Å². The number of nitrogens with one attached hydrogen (secondary N) is 1. The molecule has 0 saturated heterocycles. The van der Waals surface area contributed by atoms with Crippen molar-refractivity contribution in [1.82, 2.24) is 4.98 Å².